The zero-order valence-corrected chi connectivity index (χ0v) is 13.1. The molecule has 1 aromatic rings. The van der Waals surface area contributed by atoms with Crippen LogP contribution in [0.3, 0.4) is 0 Å². The van der Waals surface area contributed by atoms with E-state index in [4.69, 9.17) is 4.74 Å². The van der Waals surface area contributed by atoms with Crippen LogP contribution in [-0.2, 0) is 14.8 Å². The second kappa shape index (κ2) is 6.15. The molecule has 1 saturated carbocycles. The van der Waals surface area contributed by atoms with Crippen LogP contribution in [0.4, 0.5) is 0 Å². The summed E-state index contributed by atoms with van der Waals surface area (Å²) < 4.78 is 32.0. The maximum absolute atomic E-state index is 12.3. The lowest BCUT2D eigenvalue weighted by Crippen LogP contribution is -2.31. The number of carbonyl (C=O) groups is 1. The van der Waals surface area contributed by atoms with E-state index < -0.39 is 16.0 Å². The Morgan fingerprint density at radius 3 is 2.76 bits per heavy atom. The van der Waals surface area contributed by atoms with Gasteiger partial charge >= 0.3 is 5.97 Å². The maximum Gasteiger partial charge on any atom is 0.342 e. The van der Waals surface area contributed by atoms with Crippen molar-refractivity contribution in [3.05, 3.63) is 11.8 Å². The number of hydrogen-bond acceptors (Lipinski definition) is 5. The second-order valence-corrected chi connectivity index (χ2v) is 7.11. The third-order valence-electron chi connectivity index (χ3n) is 3.74. The second-order valence-electron chi connectivity index (χ2n) is 5.41. The van der Waals surface area contributed by atoms with Gasteiger partial charge in [0.1, 0.15) is 5.56 Å². The summed E-state index contributed by atoms with van der Waals surface area (Å²) in [5.74, 6) is -0.693. The average Bonchev–Trinajstić information content (AvgIpc) is 3.02. The fourth-order valence-electron chi connectivity index (χ4n) is 2.38. The number of esters is 1. The smallest absolute Gasteiger partial charge is 0.342 e. The van der Waals surface area contributed by atoms with Gasteiger partial charge in [-0.15, -0.1) is 0 Å². The van der Waals surface area contributed by atoms with Gasteiger partial charge in [0.05, 0.1) is 12.8 Å². The van der Waals surface area contributed by atoms with Gasteiger partial charge in [-0.05, 0) is 31.6 Å². The summed E-state index contributed by atoms with van der Waals surface area (Å²) in [6, 6.07) is 0. The first kappa shape index (κ1) is 16.0. The first-order chi connectivity index (χ1) is 9.94. The minimum atomic E-state index is -3.79. The molecule has 7 nitrogen and oxygen atoms in total. The van der Waals surface area contributed by atoms with Crippen molar-refractivity contribution in [3.63, 3.8) is 0 Å². The number of aromatic amines is 1. The lowest BCUT2D eigenvalue weighted by atomic mass is 10.0. The van der Waals surface area contributed by atoms with E-state index in [0.29, 0.717) is 6.54 Å². The van der Waals surface area contributed by atoms with Gasteiger partial charge in [0.15, 0.2) is 5.03 Å². The minimum Gasteiger partial charge on any atom is -0.462 e. The van der Waals surface area contributed by atoms with Gasteiger partial charge in [-0.25, -0.2) is 17.9 Å². The van der Waals surface area contributed by atoms with Crippen molar-refractivity contribution in [2.24, 2.45) is 5.41 Å². The fraction of sp³-hybridized carbons (Fsp3) is 0.692. The van der Waals surface area contributed by atoms with Crippen molar-refractivity contribution >= 4 is 16.0 Å². The predicted molar refractivity (Wildman–Crippen MR) is 76.3 cm³/mol. The molecule has 0 radical (unpaired) electrons. The highest BCUT2D eigenvalue weighted by Gasteiger charge is 2.42. The number of carbonyl (C=O) groups excluding carboxylic acids is 1. The van der Waals surface area contributed by atoms with Gasteiger partial charge in [-0.1, -0.05) is 13.3 Å². The van der Waals surface area contributed by atoms with Crippen LogP contribution < -0.4 is 4.72 Å². The van der Waals surface area contributed by atoms with Crippen molar-refractivity contribution < 1.29 is 17.9 Å². The molecule has 8 heteroatoms. The van der Waals surface area contributed by atoms with E-state index in [1.807, 2.05) is 0 Å². The Balaban J connectivity index is 2.10. The van der Waals surface area contributed by atoms with Crippen LogP contribution in [0.5, 0.6) is 0 Å². The molecule has 2 N–H and O–H groups in total. The molecule has 0 spiro atoms. The van der Waals surface area contributed by atoms with Crippen molar-refractivity contribution in [1.29, 1.82) is 0 Å². The summed E-state index contributed by atoms with van der Waals surface area (Å²) in [4.78, 5) is 11.7. The van der Waals surface area contributed by atoms with E-state index in [2.05, 4.69) is 21.8 Å². The summed E-state index contributed by atoms with van der Waals surface area (Å²) >= 11 is 0. The Hall–Kier alpha value is -1.41. The lowest BCUT2D eigenvalue weighted by Gasteiger charge is -2.14. The van der Waals surface area contributed by atoms with Gasteiger partial charge in [0.25, 0.3) is 10.0 Å². The predicted octanol–water partition coefficient (Wildman–Crippen LogP) is 1.44. The van der Waals surface area contributed by atoms with Crippen LogP contribution in [-0.4, -0.2) is 37.7 Å². The van der Waals surface area contributed by atoms with E-state index in [9.17, 15) is 13.2 Å². The average molecular weight is 315 g/mol. The van der Waals surface area contributed by atoms with Crippen molar-refractivity contribution in [1.82, 2.24) is 14.9 Å². The number of nitrogens with one attached hydrogen (secondary N) is 2. The Morgan fingerprint density at radius 2 is 2.19 bits per heavy atom. The highest BCUT2D eigenvalue weighted by molar-refractivity contribution is 7.89. The summed E-state index contributed by atoms with van der Waals surface area (Å²) in [6.07, 6.45) is 5.28. The Morgan fingerprint density at radius 1 is 1.48 bits per heavy atom. The molecule has 0 unspecified atom stereocenters. The van der Waals surface area contributed by atoms with Crippen molar-refractivity contribution in [3.8, 4) is 0 Å². The van der Waals surface area contributed by atoms with E-state index in [1.54, 1.807) is 6.92 Å². The number of ether oxygens (including phenoxy) is 1. The molecular formula is C13H21N3O4S. The maximum atomic E-state index is 12.3. The van der Waals surface area contributed by atoms with Gasteiger partial charge in [0, 0.05) is 6.54 Å². The standard InChI is InChI=1S/C13H21N3O4S/c1-3-5-13(6-7-13)9-15-21(18,19)11-10(8-14-16-11)12(17)20-4-2/h8,15H,3-7,9H2,1-2H3,(H,14,16). The molecule has 0 bridgehead atoms. The number of H-pyrrole nitrogens is 1. The molecule has 118 valence electrons. The molecule has 0 aromatic carbocycles. The largest absolute Gasteiger partial charge is 0.462 e. The van der Waals surface area contributed by atoms with Crippen molar-refractivity contribution in [2.45, 2.75) is 44.6 Å². The van der Waals surface area contributed by atoms with Crippen LogP contribution in [0.1, 0.15) is 49.9 Å². The molecule has 1 aliphatic carbocycles. The zero-order chi connectivity index (χ0) is 15.5. The highest BCUT2D eigenvalue weighted by atomic mass is 32.2. The number of nitrogens with zero attached hydrogens (tertiary/aromatic N) is 1. The Bertz CT molecular complexity index is 605. The Kier molecular flexibility index (Phi) is 4.67. The van der Waals surface area contributed by atoms with Crippen LogP contribution in [0, 0.1) is 5.41 Å². The molecule has 21 heavy (non-hydrogen) atoms. The molecule has 0 amide bonds. The van der Waals surface area contributed by atoms with E-state index in [-0.39, 0.29) is 22.6 Å². The summed E-state index contributed by atoms with van der Waals surface area (Å²) in [7, 11) is -3.79. The molecule has 1 fully saturated rings. The SMILES string of the molecule is CCCC1(CNS(=O)(=O)c2[nH]ncc2C(=O)OCC)CC1. The first-order valence-electron chi connectivity index (χ1n) is 7.14. The topological polar surface area (TPSA) is 101 Å². The van der Waals surface area contributed by atoms with Gasteiger partial charge < -0.3 is 4.74 Å². The number of sulfonamides is 1. The van der Waals surface area contributed by atoms with E-state index in [1.165, 1.54) is 6.20 Å². The van der Waals surface area contributed by atoms with Crippen LogP contribution >= 0.6 is 0 Å². The van der Waals surface area contributed by atoms with Crippen molar-refractivity contribution in [2.75, 3.05) is 13.2 Å². The number of hydrogen-bond donors (Lipinski definition) is 2. The quantitative estimate of drug-likeness (QED) is 0.707. The lowest BCUT2D eigenvalue weighted by molar-refractivity contribution is 0.0522. The summed E-state index contributed by atoms with van der Waals surface area (Å²) in [5, 5.41) is 5.79. The van der Waals surface area contributed by atoms with Crippen LogP contribution in [0.15, 0.2) is 11.2 Å². The third kappa shape index (κ3) is 3.62. The minimum absolute atomic E-state index is 0.0651. The molecule has 0 saturated heterocycles. The molecular weight excluding hydrogens is 294 g/mol. The van der Waals surface area contributed by atoms with E-state index >= 15 is 0 Å². The third-order valence-corrected chi connectivity index (χ3v) is 5.12. The fourth-order valence-corrected chi connectivity index (χ4v) is 3.61. The van der Waals surface area contributed by atoms with Gasteiger partial charge in [-0.3, -0.25) is 5.10 Å². The highest BCUT2D eigenvalue weighted by Crippen LogP contribution is 2.49. The Labute approximate surface area is 124 Å². The molecule has 0 aliphatic heterocycles. The zero-order valence-electron chi connectivity index (χ0n) is 12.3. The molecule has 0 atom stereocenters. The van der Waals surface area contributed by atoms with Gasteiger partial charge in [0.2, 0.25) is 0 Å². The van der Waals surface area contributed by atoms with Gasteiger partial charge in [-0.2, -0.15) is 5.10 Å². The van der Waals surface area contributed by atoms with E-state index in [0.717, 1.165) is 25.7 Å². The summed E-state index contributed by atoms with van der Waals surface area (Å²) in [6.45, 7) is 4.31. The van der Waals surface area contributed by atoms with Crippen LogP contribution in [0.25, 0.3) is 0 Å². The summed E-state index contributed by atoms with van der Waals surface area (Å²) in [5.41, 5.74) is 0.0241. The molecule has 1 heterocycles. The monoisotopic (exact) mass is 315 g/mol. The van der Waals surface area contributed by atoms with Crippen LogP contribution in [0.2, 0.25) is 0 Å². The molecule has 2 rings (SSSR count). The normalized spacial score (nSPS) is 16.7. The molecule has 1 aliphatic rings. The number of rotatable bonds is 8. The first-order valence-corrected chi connectivity index (χ1v) is 8.62. The number of aromatic nitrogens is 2. The molecule has 1 aromatic heterocycles.